The summed E-state index contributed by atoms with van der Waals surface area (Å²) in [7, 11) is 1.30. The predicted molar refractivity (Wildman–Crippen MR) is 101 cm³/mol. The molecule has 0 aliphatic carbocycles. The average molecular weight is 365 g/mol. The van der Waals surface area contributed by atoms with Crippen molar-refractivity contribution in [3.05, 3.63) is 76.5 Å². The number of hydrogen-bond acceptors (Lipinski definition) is 5. The quantitative estimate of drug-likeness (QED) is 0.672. The summed E-state index contributed by atoms with van der Waals surface area (Å²) in [5.74, 6) is -0.749. The first-order valence-corrected chi connectivity index (χ1v) is 8.46. The zero-order chi connectivity index (χ0) is 19.2. The van der Waals surface area contributed by atoms with Crippen molar-refractivity contribution < 1.29 is 14.3 Å². The monoisotopic (exact) mass is 365 g/mol. The standard InChI is InChI=1S/C20H19N3O4/c1-27-18(24)8-11-22-19(25)17-13-23(12-14-6-9-21-10-7-14)20(26)16-5-3-2-4-15(16)17/h2-7,9-10,13H,8,11-12H2,1H3,(H,22,25). The molecular weight excluding hydrogens is 346 g/mol. The van der Waals surface area contributed by atoms with Gasteiger partial charge in [-0.25, -0.2) is 0 Å². The van der Waals surface area contributed by atoms with Crippen LogP contribution in [0.1, 0.15) is 22.3 Å². The van der Waals surface area contributed by atoms with E-state index in [9.17, 15) is 14.4 Å². The highest BCUT2D eigenvalue weighted by atomic mass is 16.5. The lowest BCUT2D eigenvalue weighted by atomic mass is 10.1. The van der Waals surface area contributed by atoms with E-state index in [1.54, 1.807) is 42.9 Å². The van der Waals surface area contributed by atoms with E-state index in [4.69, 9.17) is 0 Å². The molecule has 0 radical (unpaired) electrons. The molecule has 0 saturated heterocycles. The van der Waals surface area contributed by atoms with Gasteiger partial charge in [-0.05, 0) is 23.8 Å². The third kappa shape index (κ3) is 4.20. The van der Waals surface area contributed by atoms with E-state index in [1.807, 2.05) is 12.1 Å². The Morgan fingerprint density at radius 1 is 1.11 bits per heavy atom. The Kier molecular flexibility index (Phi) is 5.61. The average Bonchev–Trinajstić information content (AvgIpc) is 2.70. The van der Waals surface area contributed by atoms with Crippen molar-refractivity contribution in [2.45, 2.75) is 13.0 Å². The molecule has 0 aliphatic heterocycles. The van der Waals surface area contributed by atoms with Gasteiger partial charge in [0.1, 0.15) is 0 Å². The molecule has 0 bridgehead atoms. The van der Waals surface area contributed by atoms with E-state index in [1.165, 1.54) is 11.7 Å². The lowest BCUT2D eigenvalue weighted by Gasteiger charge is -2.12. The van der Waals surface area contributed by atoms with E-state index < -0.39 is 5.97 Å². The molecule has 2 aromatic heterocycles. The highest BCUT2D eigenvalue weighted by molar-refractivity contribution is 6.06. The molecule has 0 aliphatic rings. The van der Waals surface area contributed by atoms with E-state index in [2.05, 4.69) is 15.0 Å². The van der Waals surface area contributed by atoms with Crippen molar-refractivity contribution in [1.29, 1.82) is 0 Å². The first-order valence-electron chi connectivity index (χ1n) is 8.46. The Bertz CT molecular complexity index is 1030. The minimum Gasteiger partial charge on any atom is -0.469 e. The first kappa shape index (κ1) is 18.3. The molecule has 27 heavy (non-hydrogen) atoms. The van der Waals surface area contributed by atoms with Crippen LogP contribution < -0.4 is 10.9 Å². The molecule has 0 atom stereocenters. The van der Waals surface area contributed by atoms with Crippen LogP contribution in [-0.4, -0.2) is 35.1 Å². The molecule has 7 heteroatoms. The Morgan fingerprint density at radius 3 is 2.52 bits per heavy atom. The number of amides is 1. The van der Waals surface area contributed by atoms with Crippen LogP contribution in [0, 0.1) is 0 Å². The van der Waals surface area contributed by atoms with Gasteiger partial charge in [-0.3, -0.25) is 19.4 Å². The maximum Gasteiger partial charge on any atom is 0.307 e. The molecule has 7 nitrogen and oxygen atoms in total. The highest BCUT2D eigenvalue weighted by Crippen LogP contribution is 2.16. The molecule has 0 unspecified atom stereocenters. The van der Waals surface area contributed by atoms with Crippen LogP contribution in [0.4, 0.5) is 0 Å². The number of carbonyl (C=O) groups excluding carboxylic acids is 2. The Hall–Kier alpha value is -3.48. The number of aromatic nitrogens is 2. The molecule has 3 aromatic rings. The zero-order valence-corrected chi connectivity index (χ0v) is 14.8. The van der Waals surface area contributed by atoms with E-state index >= 15 is 0 Å². The number of ether oxygens (including phenoxy) is 1. The van der Waals surface area contributed by atoms with Crippen molar-refractivity contribution in [2.75, 3.05) is 13.7 Å². The topological polar surface area (TPSA) is 90.3 Å². The summed E-state index contributed by atoms with van der Waals surface area (Å²) in [6.07, 6.45) is 4.94. The van der Waals surface area contributed by atoms with Crippen molar-refractivity contribution in [3.63, 3.8) is 0 Å². The highest BCUT2D eigenvalue weighted by Gasteiger charge is 2.15. The maximum atomic E-state index is 12.8. The van der Waals surface area contributed by atoms with E-state index in [0.29, 0.717) is 22.9 Å². The van der Waals surface area contributed by atoms with Gasteiger partial charge in [-0.1, -0.05) is 18.2 Å². The second kappa shape index (κ2) is 8.27. The smallest absolute Gasteiger partial charge is 0.307 e. The number of esters is 1. The van der Waals surface area contributed by atoms with Gasteiger partial charge in [0.15, 0.2) is 0 Å². The van der Waals surface area contributed by atoms with Gasteiger partial charge in [-0.15, -0.1) is 0 Å². The number of pyridine rings is 2. The molecular formula is C20H19N3O4. The van der Waals surface area contributed by atoms with Gasteiger partial charge in [0, 0.05) is 35.9 Å². The minimum atomic E-state index is -0.400. The van der Waals surface area contributed by atoms with Crippen molar-refractivity contribution in [1.82, 2.24) is 14.9 Å². The summed E-state index contributed by atoms with van der Waals surface area (Å²) in [5.41, 5.74) is 1.11. The molecule has 3 rings (SSSR count). The van der Waals surface area contributed by atoms with Crippen LogP contribution >= 0.6 is 0 Å². The third-order valence-corrected chi connectivity index (χ3v) is 4.18. The van der Waals surface area contributed by atoms with Crippen LogP contribution in [0.15, 0.2) is 59.8 Å². The molecule has 0 fully saturated rings. The molecule has 0 spiro atoms. The fourth-order valence-corrected chi connectivity index (χ4v) is 2.80. The van der Waals surface area contributed by atoms with Crippen molar-refractivity contribution >= 4 is 22.6 Å². The number of hydrogen-bond donors (Lipinski definition) is 1. The summed E-state index contributed by atoms with van der Waals surface area (Å²) in [5, 5.41) is 3.74. The van der Waals surface area contributed by atoms with Gasteiger partial charge >= 0.3 is 5.97 Å². The number of rotatable bonds is 6. The molecule has 138 valence electrons. The third-order valence-electron chi connectivity index (χ3n) is 4.18. The number of nitrogens with one attached hydrogen (secondary N) is 1. The zero-order valence-electron chi connectivity index (χ0n) is 14.8. The lowest BCUT2D eigenvalue weighted by Crippen LogP contribution is -2.29. The van der Waals surface area contributed by atoms with Crippen LogP contribution in [0.3, 0.4) is 0 Å². The molecule has 1 N–H and O–H groups in total. The molecule has 0 saturated carbocycles. The summed E-state index contributed by atoms with van der Waals surface area (Å²) in [6, 6.07) is 10.6. The fraction of sp³-hybridized carbons (Fsp3) is 0.200. The Balaban J connectivity index is 1.96. The number of methoxy groups -OCH3 is 1. The second-order valence-electron chi connectivity index (χ2n) is 5.96. The summed E-state index contributed by atoms with van der Waals surface area (Å²) in [6.45, 7) is 0.484. The van der Waals surface area contributed by atoms with Gasteiger partial charge in [-0.2, -0.15) is 0 Å². The SMILES string of the molecule is COC(=O)CCNC(=O)c1cn(Cc2ccncc2)c(=O)c2ccccc12. The normalized spacial score (nSPS) is 10.6. The van der Waals surface area contributed by atoms with Gasteiger partial charge in [0.05, 0.1) is 25.6 Å². The van der Waals surface area contributed by atoms with Crippen LogP contribution in [-0.2, 0) is 16.1 Å². The van der Waals surface area contributed by atoms with Crippen molar-refractivity contribution in [3.8, 4) is 0 Å². The molecule has 2 heterocycles. The first-order chi connectivity index (χ1) is 13.1. The number of benzene rings is 1. The van der Waals surface area contributed by atoms with E-state index in [0.717, 1.165) is 5.56 Å². The van der Waals surface area contributed by atoms with Gasteiger partial charge in [0.2, 0.25) is 0 Å². The molecule has 1 aromatic carbocycles. The largest absolute Gasteiger partial charge is 0.469 e. The maximum absolute atomic E-state index is 12.8. The van der Waals surface area contributed by atoms with Crippen LogP contribution in [0.2, 0.25) is 0 Å². The van der Waals surface area contributed by atoms with Gasteiger partial charge < -0.3 is 14.6 Å². The second-order valence-corrected chi connectivity index (χ2v) is 5.96. The number of fused-ring (bicyclic) bond motifs is 1. The van der Waals surface area contributed by atoms with Gasteiger partial charge in [0.25, 0.3) is 11.5 Å². The van der Waals surface area contributed by atoms with E-state index in [-0.39, 0.29) is 24.4 Å². The predicted octanol–water partition coefficient (Wildman–Crippen LogP) is 1.74. The minimum absolute atomic E-state index is 0.0802. The Labute approximate surface area is 155 Å². The van der Waals surface area contributed by atoms with Crippen LogP contribution in [0.5, 0.6) is 0 Å². The van der Waals surface area contributed by atoms with Crippen LogP contribution in [0.25, 0.3) is 10.8 Å². The number of nitrogens with zero attached hydrogens (tertiary/aromatic N) is 2. The summed E-state index contributed by atoms with van der Waals surface area (Å²) in [4.78, 5) is 40.7. The summed E-state index contributed by atoms with van der Waals surface area (Å²) >= 11 is 0. The van der Waals surface area contributed by atoms with Crippen molar-refractivity contribution in [2.24, 2.45) is 0 Å². The Morgan fingerprint density at radius 2 is 1.81 bits per heavy atom. The fourth-order valence-electron chi connectivity index (χ4n) is 2.80. The molecule has 1 amide bonds. The number of carbonyl (C=O) groups is 2. The summed E-state index contributed by atoms with van der Waals surface area (Å²) < 4.78 is 6.08. The lowest BCUT2D eigenvalue weighted by molar-refractivity contribution is -0.140.